The lowest BCUT2D eigenvalue weighted by Gasteiger charge is -2.21. The number of hydrogen-bond donors (Lipinski definition) is 1. The topological polar surface area (TPSA) is 103 Å². The van der Waals surface area contributed by atoms with Crippen molar-refractivity contribution in [3.63, 3.8) is 0 Å². The Labute approximate surface area is 262 Å². The highest BCUT2D eigenvalue weighted by Crippen LogP contribution is 2.40. The number of methoxy groups -OCH3 is 2. The zero-order chi connectivity index (χ0) is 31.1. The van der Waals surface area contributed by atoms with Gasteiger partial charge < -0.3 is 19.5 Å². The molecule has 1 saturated carbocycles. The van der Waals surface area contributed by atoms with Crippen molar-refractivity contribution >= 4 is 17.1 Å². The summed E-state index contributed by atoms with van der Waals surface area (Å²) in [6.07, 6.45) is 6.81. The standard InChI is InChI=1S/C36H37N5O4/c1-40(36(42)43)26-14-12-24(18-26)30-17-13-25(20-37-30)33-35-31(41(39-33)21-22-10-15-27(44-2)16-11-22)19-32(45-3)34(38-35)29-9-5-7-23-6-4-8-28(23)29/h5,7,9-11,13,15-17,19-20,24,26H,4,6,8,12,14,18,21H2,1-3H3,(H,42,43). The van der Waals surface area contributed by atoms with Crippen LogP contribution < -0.4 is 9.47 Å². The van der Waals surface area contributed by atoms with E-state index in [1.165, 1.54) is 16.0 Å². The molecule has 1 fully saturated rings. The molecule has 3 heterocycles. The molecule has 7 rings (SSSR count). The van der Waals surface area contributed by atoms with Gasteiger partial charge >= 0.3 is 6.09 Å². The molecule has 9 nitrogen and oxygen atoms in total. The average Bonchev–Trinajstić information content (AvgIpc) is 3.83. The number of amides is 1. The van der Waals surface area contributed by atoms with E-state index in [4.69, 9.17) is 24.5 Å². The van der Waals surface area contributed by atoms with Gasteiger partial charge in [0.05, 0.1) is 26.3 Å². The highest BCUT2D eigenvalue weighted by Gasteiger charge is 2.31. The van der Waals surface area contributed by atoms with E-state index >= 15 is 0 Å². The van der Waals surface area contributed by atoms with E-state index in [-0.39, 0.29) is 12.0 Å². The Morgan fingerprint density at radius 1 is 1.02 bits per heavy atom. The summed E-state index contributed by atoms with van der Waals surface area (Å²) in [5.41, 5.74) is 10.1. The van der Waals surface area contributed by atoms with Crippen molar-refractivity contribution in [3.8, 4) is 34.0 Å². The molecule has 2 atom stereocenters. The second-order valence-electron chi connectivity index (χ2n) is 12.1. The molecule has 0 bridgehead atoms. The Bertz CT molecular complexity index is 1870. The van der Waals surface area contributed by atoms with E-state index in [2.05, 4.69) is 36.4 Å². The summed E-state index contributed by atoms with van der Waals surface area (Å²) in [6.45, 7) is 0.553. The van der Waals surface area contributed by atoms with E-state index in [0.29, 0.717) is 6.54 Å². The van der Waals surface area contributed by atoms with Gasteiger partial charge in [-0.25, -0.2) is 9.78 Å². The smallest absolute Gasteiger partial charge is 0.407 e. The van der Waals surface area contributed by atoms with Crippen molar-refractivity contribution in [2.24, 2.45) is 0 Å². The minimum atomic E-state index is -0.884. The molecule has 3 aromatic heterocycles. The van der Waals surface area contributed by atoms with Crippen LogP contribution in [0.25, 0.3) is 33.5 Å². The second-order valence-corrected chi connectivity index (χ2v) is 12.1. The number of benzene rings is 2. The largest absolute Gasteiger partial charge is 0.497 e. The number of hydrogen-bond acceptors (Lipinski definition) is 6. The molecule has 0 spiro atoms. The molecule has 2 aliphatic rings. The Balaban J connectivity index is 1.30. The lowest BCUT2D eigenvalue weighted by molar-refractivity contribution is 0.139. The SMILES string of the molecule is COc1ccc(Cn2nc(-c3ccc(C4CCC(N(C)C(=O)O)C4)nc3)c3nc(-c4cccc5c4CCC5)c(OC)cc32)cc1. The zero-order valence-corrected chi connectivity index (χ0v) is 25.9. The molecule has 2 aromatic carbocycles. The number of aromatic nitrogens is 4. The number of nitrogens with zero attached hydrogens (tertiary/aromatic N) is 5. The van der Waals surface area contributed by atoms with Crippen LogP contribution >= 0.6 is 0 Å². The van der Waals surface area contributed by atoms with Gasteiger partial charge in [0.1, 0.15) is 28.4 Å². The first-order valence-electron chi connectivity index (χ1n) is 15.5. The summed E-state index contributed by atoms with van der Waals surface area (Å²) in [5, 5.41) is 14.5. The molecule has 9 heteroatoms. The third-order valence-corrected chi connectivity index (χ3v) is 9.54. The molecule has 45 heavy (non-hydrogen) atoms. The number of aryl methyl sites for hydroxylation is 1. The molecule has 2 aliphatic carbocycles. The minimum Gasteiger partial charge on any atom is -0.497 e. The Kier molecular flexibility index (Phi) is 7.61. The van der Waals surface area contributed by atoms with Crippen molar-refractivity contribution in [1.82, 2.24) is 24.6 Å². The first-order valence-corrected chi connectivity index (χ1v) is 15.5. The van der Waals surface area contributed by atoms with Crippen molar-refractivity contribution < 1.29 is 19.4 Å². The van der Waals surface area contributed by atoms with Crippen LogP contribution in [0.5, 0.6) is 11.5 Å². The van der Waals surface area contributed by atoms with Gasteiger partial charge in [0, 0.05) is 48.1 Å². The third kappa shape index (κ3) is 5.36. The van der Waals surface area contributed by atoms with Crippen LogP contribution in [0.2, 0.25) is 0 Å². The molecule has 5 aromatic rings. The van der Waals surface area contributed by atoms with Crippen molar-refractivity contribution in [3.05, 3.63) is 89.2 Å². The van der Waals surface area contributed by atoms with E-state index < -0.39 is 6.09 Å². The maximum atomic E-state index is 11.5. The molecule has 0 saturated heterocycles. The fourth-order valence-corrected chi connectivity index (χ4v) is 7.01. The number of rotatable bonds is 8. The first-order chi connectivity index (χ1) is 21.9. The first kappa shape index (κ1) is 28.8. The second kappa shape index (κ2) is 11.9. The van der Waals surface area contributed by atoms with Crippen LogP contribution in [0, 0.1) is 0 Å². The van der Waals surface area contributed by atoms with Crippen LogP contribution in [0.3, 0.4) is 0 Å². The fraction of sp³-hybridized carbons (Fsp3) is 0.333. The number of ether oxygens (including phenoxy) is 2. The van der Waals surface area contributed by atoms with E-state index in [0.717, 1.165) is 94.8 Å². The van der Waals surface area contributed by atoms with Gasteiger partial charge in [0.15, 0.2) is 0 Å². The molecule has 1 amide bonds. The monoisotopic (exact) mass is 603 g/mol. The maximum Gasteiger partial charge on any atom is 0.407 e. The number of carbonyl (C=O) groups is 1. The Hall–Kier alpha value is -4.92. The summed E-state index contributed by atoms with van der Waals surface area (Å²) < 4.78 is 13.3. The van der Waals surface area contributed by atoms with Gasteiger partial charge in [-0.3, -0.25) is 9.67 Å². The van der Waals surface area contributed by atoms with Crippen LogP contribution in [0.1, 0.15) is 54.0 Å². The van der Waals surface area contributed by atoms with Gasteiger partial charge in [-0.1, -0.05) is 30.3 Å². The van der Waals surface area contributed by atoms with E-state index in [1.54, 1.807) is 21.3 Å². The minimum absolute atomic E-state index is 0.0172. The molecular weight excluding hydrogens is 566 g/mol. The summed E-state index contributed by atoms with van der Waals surface area (Å²) in [4.78, 5) is 23.1. The normalized spacial score (nSPS) is 17.4. The summed E-state index contributed by atoms with van der Waals surface area (Å²) in [5.74, 6) is 1.76. The van der Waals surface area contributed by atoms with Crippen molar-refractivity contribution in [1.29, 1.82) is 0 Å². The summed E-state index contributed by atoms with van der Waals surface area (Å²) in [7, 11) is 5.02. The average molecular weight is 604 g/mol. The van der Waals surface area contributed by atoms with Gasteiger partial charge in [-0.15, -0.1) is 0 Å². The maximum absolute atomic E-state index is 11.5. The van der Waals surface area contributed by atoms with Gasteiger partial charge in [0.2, 0.25) is 0 Å². The van der Waals surface area contributed by atoms with E-state index in [9.17, 15) is 9.90 Å². The summed E-state index contributed by atoms with van der Waals surface area (Å²) >= 11 is 0. The number of fused-ring (bicyclic) bond motifs is 2. The van der Waals surface area contributed by atoms with Crippen LogP contribution in [-0.2, 0) is 19.4 Å². The Morgan fingerprint density at radius 3 is 2.60 bits per heavy atom. The van der Waals surface area contributed by atoms with Gasteiger partial charge in [-0.2, -0.15) is 5.10 Å². The molecule has 0 aliphatic heterocycles. The lowest BCUT2D eigenvalue weighted by atomic mass is 9.99. The Morgan fingerprint density at radius 2 is 1.87 bits per heavy atom. The highest BCUT2D eigenvalue weighted by molar-refractivity contribution is 5.93. The van der Waals surface area contributed by atoms with Gasteiger partial charge in [0.25, 0.3) is 0 Å². The van der Waals surface area contributed by atoms with E-state index in [1.807, 2.05) is 35.1 Å². The summed E-state index contributed by atoms with van der Waals surface area (Å²) in [6, 6.07) is 20.7. The fourth-order valence-electron chi connectivity index (χ4n) is 7.01. The number of carboxylic acid groups (broad SMARTS) is 1. The lowest BCUT2D eigenvalue weighted by Crippen LogP contribution is -2.34. The molecule has 0 radical (unpaired) electrons. The predicted octanol–water partition coefficient (Wildman–Crippen LogP) is 6.96. The van der Waals surface area contributed by atoms with Crippen molar-refractivity contribution in [2.45, 2.75) is 57.0 Å². The number of pyridine rings is 2. The van der Waals surface area contributed by atoms with Crippen molar-refractivity contribution in [2.75, 3.05) is 21.3 Å². The van der Waals surface area contributed by atoms with Crippen LogP contribution in [0.15, 0.2) is 66.9 Å². The molecule has 230 valence electrons. The highest BCUT2D eigenvalue weighted by atomic mass is 16.5. The molecule has 2 unspecified atom stereocenters. The third-order valence-electron chi connectivity index (χ3n) is 9.54. The van der Waals surface area contributed by atoms with Crippen LogP contribution in [-0.4, -0.2) is 63.2 Å². The zero-order valence-electron chi connectivity index (χ0n) is 25.9. The van der Waals surface area contributed by atoms with Gasteiger partial charge in [-0.05, 0) is 79.5 Å². The molecule has 1 N–H and O–H groups in total. The van der Waals surface area contributed by atoms with Crippen LogP contribution in [0.4, 0.5) is 4.79 Å². The quantitative estimate of drug-likeness (QED) is 0.205. The predicted molar refractivity (Wildman–Crippen MR) is 173 cm³/mol. The molecular formula is C36H37N5O4.